The maximum atomic E-state index is 12.0. The van der Waals surface area contributed by atoms with Gasteiger partial charge in [-0.2, -0.15) is 4.98 Å². The van der Waals surface area contributed by atoms with Crippen LogP contribution in [0.1, 0.15) is 25.6 Å². The van der Waals surface area contributed by atoms with Crippen molar-refractivity contribution in [2.24, 2.45) is 5.92 Å². The Balaban J connectivity index is 2.05. The predicted molar refractivity (Wildman–Crippen MR) is 80.9 cm³/mol. The van der Waals surface area contributed by atoms with Gasteiger partial charge in [0.1, 0.15) is 4.83 Å². The second kappa shape index (κ2) is 6.71. The molecule has 2 rings (SSSR count). The number of esters is 1. The average molecular weight is 310 g/mol. The molecule has 0 saturated heterocycles. The maximum Gasteiger partial charge on any atom is 0.302 e. The molecule has 2 aromatic rings. The summed E-state index contributed by atoms with van der Waals surface area (Å²) in [7, 11) is 0. The molecule has 0 radical (unpaired) electrons. The minimum atomic E-state index is -0.319. The molecule has 0 saturated carbocycles. The van der Waals surface area contributed by atoms with Crippen LogP contribution in [0.15, 0.2) is 10.9 Å². The smallest absolute Gasteiger partial charge is 0.302 e. The van der Waals surface area contributed by atoms with Crippen molar-refractivity contribution in [1.82, 2.24) is 9.97 Å². The van der Waals surface area contributed by atoms with Crippen molar-refractivity contribution in [2.45, 2.75) is 27.2 Å². The highest BCUT2D eigenvalue weighted by molar-refractivity contribution is 7.18. The molecule has 0 aromatic carbocycles. The summed E-state index contributed by atoms with van der Waals surface area (Å²) in [5, 5.41) is 0.595. The fraction of sp³-hybridized carbons (Fsp3) is 0.500. The van der Waals surface area contributed by atoms with Crippen LogP contribution in [-0.2, 0) is 16.0 Å². The lowest BCUT2D eigenvalue weighted by atomic mass is 10.2. The third-order valence-electron chi connectivity index (χ3n) is 2.86. The van der Waals surface area contributed by atoms with Gasteiger partial charge in [0.05, 0.1) is 18.6 Å². The van der Waals surface area contributed by atoms with Gasteiger partial charge in [0.15, 0.2) is 0 Å². The Morgan fingerprint density at radius 3 is 2.90 bits per heavy atom. The Kier molecular flexibility index (Phi) is 4.95. The van der Waals surface area contributed by atoms with Crippen LogP contribution in [0.5, 0.6) is 6.01 Å². The van der Waals surface area contributed by atoms with Crippen LogP contribution in [0.25, 0.3) is 10.2 Å². The Hall–Kier alpha value is -1.89. The van der Waals surface area contributed by atoms with Crippen LogP contribution in [0, 0.1) is 5.92 Å². The van der Waals surface area contributed by atoms with Gasteiger partial charge in [0.2, 0.25) is 0 Å². The Morgan fingerprint density at radius 1 is 1.48 bits per heavy atom. The zero-order chi connectivity index (χ0) is 15.4. The summed E-state index contributed by atoms with van der Waals surface area (Å²) in [5.41, 5.74) is -0.196. The van der Waals surface area contributed by atoms with E-state index in [-0.39, 0.29) is 30.1 Å². The summed E-state index contributed by atoms with van der Waals surface area (Å²) in [6.07, 6.45) is 0.871. The van der Waals surface area contributed by atoms with Crippen molar-refractivity contribution in [3.63, 3.8) is 0 Å². The average Bonchev–Trinajstić information content (AvgIpc) is 2.86. The zero-order valence-corrected chi connectivity index (χ0v) is 13.1. The van der Waals surface area contributed by atoms with E-state index in [0.29, 0.717) is 16.8 Å². The Bertz CT molecular complexity index is 692. The number of aromatic nitrogens is 2. The molecule has 0 amide bonds. The largest absolute Gasteiger partial charge is 0.465 e. The van der Waals surface area contributed by atoms with Gasteiger partial charge in [-0.1, -0.05) is 13.8 Å². The normalized spacial score (nSPS) is 12.3. The molecule has 7 heteroatoms. The lowest BCUT2D eigenvalue weighted by molar-refractivity contribution is -0.142. The van der Waals surface area contributed by atoms with Gasteiger partial charge in [0, 0.05) is 17.7 Å². The van der Waals surface area contributed by atoms with Crippen molar-refractivity contribution < 1.29 is 14.3 Å². The number of hydrogen-bond donors (Lipinski definition) is 1. The SMILES string of the molecule is CCc1cc2c(=O)[nH]c(OCC(C)COC(C)=O)nc2s1. The number of carbonyl (C=O) groups excluding carboxylic acids is 1. The standard InChI is InChI=1S/C14H18N2O4S/c1-4-10-5-11-12(18)15-14(16-13(11)21-10)20-7-8(2)6-19-9(3)17/h5,8H,4,6-7H2,1-3H3,(H,15,16,18). The van der Waals surface area contributed by atoms with E-state index in [9.17, 15) is 9.59 Å². The molecule has 21 heavy (non-hydrogen) atoms. The van der Waals surface area contributed by atoms with E-state index in [1.165, 1.54) is 18.3 Å². The number of thiophene rings is 1. The van der Waals surface area contributed by atoms with Crippen molar-refractivity contribution in [3.05, 3.63) is 21.3 Å². The van der Waals surface area contributed by atoms with Crippen LogP contribution in [0.4, 0.5) is 0 Å². The van der Waals surface area contributed by atoms with Gasteiger partial charge in [-0.3, -0.25) is 14.6 Å². The number of nitrogens with one attached hydrogen (secondary N) is 1. The van der Waals surface area contributed by atoms with Gasteiger partial charge in [-0.15, -0.1) is 11.3 Å². The molecule has 0 spiro atoms. The van der Waals surface area contributed by atoms with E-state index in [1.807, 2.05) is 19.9 Å². The molecule has 0 fully saturated rings. The molecule has 0 aliphatic carbocycles. The van der Waals surface area contributed by atoms with Crippen LogP contribution < -0.4 is 10.3 Å². The van der Waals surface area contributed by atoms with E-state index in [4.69, 9.17) is 9.47 Å². The highest BCUT2D eigenvalue weighted by Crippen LogP contribution is 2.22. The Labute approximate surface area is 126 Å². The van der Waals surface area contributed by atoms with Gasteiger partial charge in [-0.05, 0) is 12.5 Å². The van der Waals surface area contributed by atoms with Crippen molar-refractivity contribution in [1.29, 1.82) is 0 Å². The van der Waals surface area contributed by atoms with Crippen molar-refractivity contribution in [3.8, 4) is 6.01 Å². The van der Waals surface area contributed by atoms with E-state index < -0.39 is 0 Å². The lowest BCUT2D eigenvalue weighted by Crippen LogP contribution is -2.18. The number of rotatable bonds is 6. The first-order valence-electron chi connectivity index (χ1n) is 6.78. The molecular weight excluding hydrogens is 292 g/mol. The summed E-state index contributed by atoms with van der Waals surface area (Å²) in [5.74, 6) is -0.301. The molecule has 1 unspecified atom stereocenters. The lowest BCUT2D eigenvalue weighted by Gasteiger charge is -2.11. The summed E-state index contributed by atoms with van der Waals surface area (Å²) in [6.45, 7) is 5.88. The molecule has 0 aliphatic heterocycles. The Morgan fingerprint density at radius 2 is 2.24 bits per heavy atom. The predicted octanol–water partition coefficient (Wildman–Crippen LogP) is 2.12. The van der Waals surface area contributed by atoms with Crippen LogP contribution in [-0.4, -0.2) is 29.2 Å². The molecule has 2 aromatic heterocycles. The molecule has 1 N–H and O–H groups in total. The number of ether oxygens (including phenoxy) is 2. The number of H-pyrrole nitrogens is 1. The number of nitrogens with zero attached hydrogens (tertiary/aromatic N) is 1. The summed E-state index contributed by atoms with van der Waals surface area (Å²) >= 11 is 1.49. The minimum Gasteiger partial charge on any atom is -0.465 e. The fourth-order valence-electron chi connectivity index (χ4n) is 1.73. The molecule has 2 heterocycles. The fourth-order valence-corrected chi connectivity index (χ4v) is 2.69. The van der Waals surface area contributed by atoms with Crippen molar-refractivity contribution >= 4 is 27.5 Å². The van der Waals surface area contributed by atoms with Crippen LogP contribution in [0.2, 0.25) is 0 Å². The summed E-state index contributed by atoms with van der Waals surface area (Å²) in [4.78, 5) is 31.4. The van der Waals surface area contributed by atoms with Gasteiger partial charge >= 0.3 is 5.97 Å². The number of fused-ring (bicyclic) bond motifs is 1. The number of hydrogen-bond acceptors (Lipinski definition) is 6. The van der Waals surface area contributed by atoms with E-state index in [2.05, 4.69) is 9.97 Å². The van der Waals surface area contributed by atoms with Gasteiger partial charge < -0.3 is 9.47 Å². The topological polar surface area (TPSA) is 81.3 Å². The minimum absolute atomic E-state index is 0.0180. The second-order valence-corrected chi connectivity index (χ2v) is 5.99. The zero-order valence-electron chi connectivity index (χ0n) is 12.3. The first-order chi connectivity index (χ1) is 9.99. The molecule has 6 nitrogen and oxygen atoms in total. The first-order valence-corrected chi connectivity index (χ1v) is 7.60. The monoisotopic (exact) mass is 310 g/mol. The van der Waals surface area contributed by atoms with E-state index >= 15 is 0 Å². The first kappa shape index (κ1) is 15.5. The second-order valence-electron chi connectivity index (χ2n) is 4.87. The quantitative estimate of drug-likeness (QED) is 0.827. The number of aromatic amines is 1. The number of aryl methyl sites for hydroxylation is 1. The highest BCUT2D eigenvalue weighted by atomic mass is 32.1. The maximum absolute atomic E-state index is 12.0. The molecule has 1 atom stereocenters. The molecule has 114 valence electrons. The van der Waals surface area contributed by atoms with E-state index in [0.717, 1.165) is 11.3 Å². The van der Waals surface area contributed by atoms with Gasteiger partial charge in [-0.25, -0.2) is 0 Å². The third kappa shape index (κ3) is 4.04. The van der Waals surface area contributed by atoms with E-state index in [1.54, 1.807) is 0 Å². The van der Waals surface area contributed by atoms with Gasteiger partial charge in [0.25, 0.3) is 11.6 Å². The van der Waals surface area contributed by atoms with Crippen LogP contribution >= 0.6 is 11.3 Å². The van der Waals surface area contributed by atoms with Crippen LogP contribution in [0.3, 0.4) is 0 Å². The number of carbonyl (C=O) groups is 1. The third-order valence-corrected chi connectivity index (χ3v) is 4.03. The molecule has 0 aliphatic rings. The van der Waals surface area contributed by atoms with Crippen molar-refractivity contribution in [2.75, 3.05) is 13.2 Å². The highest BCUT2D eigenvalue weighted by Gasteiger charge is 2.11. The summed E-state index contributed by atoms with van der Waals surface area (Å²) in [6, 6.07) is 2.06. The summed E-state index contributed by atoms with van der Waals surface area (Å²) < 4.78 is 10.4. The molecule has 0 bridgehead atoms. The molecular formula is C14H18N2O4S.